The Morgan fingerprint density at radius 3 is 2.58 bits per heavy atom. The minimum Gasteiger partial charge on any atom is -0.444 e. The Morgan fingerprint density at radius 2 is 1.89 bits per heavy atom. The highest BCUT2D eigenvalue weighted by atomic mass is 16.6. The van der Waals surface area contributed by atoms with E-state index in [9.17, 15) is 24.5 Å². The van der Waals surface area contributed by atoms with E-state index in [2.05, 4.69) is 4.98 Å². The number of aromatic nitrogens is 2. The van der Waals surface area contributed by atoms with Crippen LogP contribution in [0.2, 0.25) is 0 Å². The highest BCUT2D eigenvalue weighted by molar-refractivity contribution is 5.82. The number of ether oxygens (including phenoxy) is 2. The van der Waals surface area contributed by atoms with Gasteiger partial charge in [-0.05, 0) is 38.8 Å². The average Bonchev–Trinajstić information content (AvgIpc) is 3.26. The number of likely N-dealkylation sites (tertiary alicyclic amines) is 1. The summed E-state index contributed by atoms with van der Waals surface area (Å²) in [6.07, 6.45) is 0.792. The van der Waals surface area contributed by atoms with Gasteiger partial charge >= 0.3 is 6.09 Å². The molecule has 1 saturated heterocycles. The molecule has 4 rings (SSSR count). The number of rotatable bonds is 8. The fourth-order valence-electron chi connectivity index (χ4n) is 4.45. The zero-order valence-corrected chi connectivity index (χ0v) is 21.5. The number of carbonyl (C=O) groups is 2. The Morgan fingerprint density at radius 1 is 1.16 bits per heavy atom. The molecule has 1 aliphatic heterocycles. The zero-order chi connectivity index (χ0) is 27.4. The molecule has 0 N–H and O–H groups in total. The number of carbonyl (C=O) groups excluding carboxylic acids is 2. The second-order valence-corrected chi connectivity index (χ2v) is 10.2. The van der Waals surface area contributed by atoms with Gasteiger partial charge in [0, 0.05) is 25.1 Å². The highest BCUT2D eigenvalue weighted by Gasteiger charge is 2.40. The monoisotopic (exact) mass is 522 g/mol. The molecule has 2 atom stereocenters. The maximum atomic E-state index is 13.2. The summed E-state index contributed by atoms with van der Waals surface area (Å²) in [5.74, 6) is -0.313. The van der Waals surface area contributed by atoms with E-state index in [1.807, 2.05) is 30.3 Å². The smallest absolute Gasteiger partial charge is 0.410 e. The van der Waals surface area contributed by atoms with Gasteiger partial charge in [-0.1, -0.05) is 30.3 Å². The van der Waals surface area contributed by atoms with Crippen molar-refractivity contribution >= 4 is 28.5 Å². The quantitative estimate of drug-likeness (QED) is 0.322. The van der Waals surface area contributed by atoms with Crippen molar-refractivity contribution in [3.8, 4) is 0 Å². The number of nitrogens with zero attached hydrogens (tertiary/aromatic N) is 4. The van der Waals surface area contributed by atoms with Crippen molar-refractivity contribution in [3.05, 3.63) is 80.9 Å². The van der Waals surface area contributed by atoms with Crippen molar-refractivity contribution in [3.63, 3.8) is 0 Å². The fourth-order valence-corrected chi connectivity index (χ4v) is 4.45. The predicted octanol–water partition coefficient (Wildman–Crippen LogP) is 3.86. The van der Waals surface area contributed by atoms with Gasteiger partial charge < -0.3 is 14.4 Å². The van der Waals surface area contributed by atoms with Crippen LogP contribution in [0.5, 0.6) is 0 Å². The Balaban J connectivity index is 1.53. The van der Waals surface area contributed by atoms with Crippen LogP contribution in [-0.2, 0) is 27.4 Å². The van der Waals surface area contributed by atoms with E-state index < -0.39 is 34.3 Å². The number of hydrogen-bond acceptors (Lipinski definition) is 8. The third kappa shape index (κ3) is 6.41. The molecular formula is C27H30N4O7. The first-order valence-corrected chi connectivity index (χ1v) is 12.3. The second-order valence-electron chi connectivity index (χ2n) is 10.2. The van der Waals surface area contributed by atoms with Crippen LogP contribution in [0.4, 0.5) is 10.5 Å². The first kappa shape index (κ1) is 26.9. The maximum Gasteiger partial charge on any atom is 0.410 e. The summed E-state index contributed by atoms with van der Waals surface area (Å²) in [5, 5.41) is 11.2. The lowest BCUT2D eigenvalue weighted by Crippen LogP contribution is -2.44. The highest BCUT2D eigenvalue weighted by Crippen LogP contribution is 2.27. The van der Waals surface area contributed by atoms with E-state index in [-0.39, 0.29) is 29.8 Å². The van der Waals surface area contributed by atoms with Crippen molar-refractivity contribution < 1.29 is 24.0 Å². The maximum absolute atomic E-state index is 13.2. The van der Waals surface area contributed by atoms with E-state index >= 15 is 0 Å². The molecule has 0 aliphatic carbocycles. The largest absolute Gasteiger partial charge is 0.444 e. The molecular weight excluding hydrogens is 492 g/mol. The number of nitro groups is 1. The molecule has 1 fully saturated rings. The van der Waals surface area contributed by atoms with E-state index in [1.165, 1.54) is 23.4 Å². The molecule has 11 heteroatoms. The standard InChI is InChI=1S/C27H30N4O7/c1-27(2,3)38-26(34)30-12-11-24(37-16-18-7-5-4-6-8-18)23(30)14-20(32)15-29-17-28-22-10-9-19(31(35)36)13-21(22)25(29)33/h4-10,13,17,23-24H,11-12,14-16H2,1-3H3/t23-,24+/m1/s1. The molecule has 2 aromatic carbocycles. The number of nitro benzene ring substituents is 1. The molecule has 3 aromatic rings. The van der Waals surface area contributed by atoms with Crippen molar-refractivity contribution in [1.82, 2.24) is 14.5 Å². The summed E-state index contributed by atoms with van der Waals surface area (Å²) < 4.78 is 12.8. The molecule has 0 spiro atoms. The molecule has 38 heavy (non-hydrogen) atoms. The predicted molar refractivity (Wildman–Crippen MR) is 139 cm³/mol. The van der Waals surface area contributed by atoms with Gasteiger partial charge in [0.25, 0.3) is 11.2 Å². The summed E-state index contributed by atoms with van der Waals surface area (Å²) in [6, 6.07) is 12.8. The molecule has 0 unspecified atom stereocenters. The molecule has 0 radical (unpaired) electrons. The van der Waals surface area contributed by atoms with E-state index in [4.69, 9.17) is 9.47 Å². The van der Waals surface area contributed by atoms with Crippen LogP contribution in [0, 0.1) is 10.1 Å². The second kappa shape index (κ2) is 11.1. The number of Topliss-reactive ketones (excluding diaryl/α,β-unsaturated/α-hetero) is 1. The van der Waals surface area contributed by atoms with Gasteiger partial charge in [0.05, 0.1) is 47.5 Å². The average molecular weight is 523 g/mol. The van der Waals surface area contributed by atoms with Crippen molar-refractivity contribution in [2.45, 2.75) is 64.5 Å². The third-order valence-corrected chi connectivity index (χ3v) is 6.22. The number of fused-ring (bicyclic) bond motifs is 1. The Labute approximate surface area is 219 Å². The van der Waals surface area contributed by atoms with Crippen LogP contribution in [0.1, 0.15) is 39.2 Å². The first-order chi connectivity index (χ1) is 18.0. The van der Waals surface area contributed by atoms with Crippen LogP contribution in [0.25, 0.3) is 10.9 Å². The van der Waals surface area contributed by atoms with Crippen LogP contribution in [-0.4, -0.2) is 55.5 Å². The molecule has 0 bridgehead atoms. The Hall–Kier alpha value is -4.12. The number of amides is 1. The molecule has 0 saturated carbocycles. The molecule has 2 heterocycles. The number of hydrogen-bond donors (Lipinski definition) is 0. The van der Waals surface area contributed by atoms with Gasteiger partial charge in [0.1, 0.15) is 5.60 Å². The summed E-state index contributed by atoms with van der Waals surface area (Å²) in [4.78, 5) is 55.3. The van der Waals surface area contributed by atoms with Gasteiger partial charge in [-0.25, -0.2) is 9.78 Å². The van der Waals surface area contributed by atoms with E-state index in [0.717, 1.165) is 16.2 Å². The summed E-state index contributed by atoms with van der Waals surface area (Å²) in [7, 11) is 0. The van der Waals surface area contributed by atoms with E-state index in [0.29, 0.717) is 25.1 Å². The SMILES string of the molecule is CC(C)(C)OC(=O)N1CC[C@H](OCc2ccccc2)[C@H]1CC(=O)Cn1cnc2ccc([N+](=O)[O-])cc2c1=O. The van der Waals surface area contributed by atoms with Crippen molar-refractivity contribution in [2.75, 3.05) is 6.54 Å². The molecule has 1 aromatic heterocycles. The number of non-ortho nitro benzene ring substituents is 1. The van der Waals surface area contributed by atoms with Gasteiger partial charge in [-0.2, -0.15) is 0 Å². The van der Waals surface area contributed by atoms with Gasteiger partial charge in [0.15, 0.2) is 5.78 Å². The third-order valence-electron chi connectivity index (χ3n) is 6.22. The van der Waals surface area contributed by atoms with Crippen molar-refractivity contribution in [2.24, 2.45) is 0 Å². The lowest BCUT2D eigenvalue weighted by molar-refractivity contribution is -0.384. The topological polar surface area (TPSA) is 134 Å². The molecule has 11 nitrogen and oxygen atoms in total. The van der Waals surface area contributed by atoms with Gasteiger partial charge in [-0.3, -0.25) is 24.3 Å². The summed E-state index contributed by atoms with van der Waals surface area (Å²) in [6.45, 7) is 5.71. The number of benzene rings is 2. The van der Waals surface area contributed by atoms with E-state index in [1.54, 1.807) is 20.8 Å². The summed E-state index contributed by atoms with van der Waals surface area (Å²) >= 11 is 0. The van der Waals surface area contributed by atoms with Gasteiger partial charge in [0.2, 0.25) is 0 Å². The molecule has 1 aliphatic rings. The van der Waals surface area contributed by atoms with Crippen LogP contribution < -0.4 is 5.56 Å². The fraction of sp³-hybridized carbons (Fsp3) is 0.407. The Bertz CT molecular complexity index is 1400. The molecule has 1 amide bonds. The lowest BCUT2D eigenvalue weighted by Gasteiger charge is -2.30. The van der Waals surface area contributed by atoms with Crippen molar-refractivity contribution in [1.29, 1.82) is 0 Å². The molecule has 200 valence electrons. The number of ketones is 1. The zero-order valence-electron chi connectivity index (χ0n) is 21.5. The van der Waals surface area contributed by atoms with Gasteiger partial charge in [-0.15, -0.1) is 0 Å². The van der Waals surface area contributed by atoms with Crippen LogP contribution in [0.3, 0.4) is 0 Å². The Kier molecular flexibility index (Phi) is 7.86. The first-order valence-electron chi connectivity index (χ1n) is 12.3. The van der Waals surface area contributed by atoms with Crippen LogP contribution >= 0.6 is 0 Å². The summed E-state index contributed by atoms with van der Waals surface area (Å²) in [5.41, 5.74) is -0.236. The van der Waals surface area contributed by atoms with Crippen LogP contribution in [0.15, 0.2) is 59.7 Å². The normalized spacial score (nSPS) is 17.5. The minimum atomic E-state index is -0.707. The minimum absolute atomic E-state index is 0.0508. The lowest BCUT2D eigenvalue weighted by atomic mass is 10.0.